The molecule has 1 saturated heterocycles. The van der Waals surface area contributed by atoms with Crippen LogP contribution in [-0.2, 0) is 24.3 Å². The van der Waals surface area contributed by atoms with Crippen molar-refractivity contribution in [2.45, 2.75) is 64.7 Å². The molecule has 0 radical (unpaired) electrons. The van der Waals surface area contributed by atoms with Gasteiger partial charge in [0.15, 0.2) is 0 Å². The molecule has 32 heavy (non-hydrogen) atoms. The summed E-state index contributed by atoms with van der Waals surface area (Å²) < 4.78 is 0. The first kappa shape index (κ1) is 22.7. The molecule has 2 N–H and O–H groups in total. The van der Waals surface area contributed by atoms with Crippen LogP contribution in [-0.4, -0.2) is 58.4 Å². The minimum Gasteiger partial charge on any atom is -0.373 e. The Labute approximate surface area is 191 Å². The third-order valence-electron chi connectivity index (χ3n) is 6.58. The number of fused-ring (bicyclic) bond motifs is 1. The van der Waals surface area contributed by atoms with Crippen LogP contribution in [0.25, 0.3) is 0 Å². The molecule has 4 rings (SSSR count). The highest BCUT2D eigenvalue weighted by Gasteiger charge is 2.31. The number of piperidine rings is 1. The van der Waals surface area contributed by atoms with Crippen LogP contribution in [0.3, 0.4) is 0 Å². The molecule has 1 amide bonds. The van der Waals surface area contributed by atoms with E-state index in [1.165, 1.54) is 5.56 Å². The number of carbonyl (C=O) groups is 1. The van der Waals surface area contributed by atoms with Gasteiger partial charge in [0.1, 0.15) is 11.6 Å². The lowest BCUT2D eigenvalue weighted by Gasteiger charge is -2.37. The molecule has 7 heteroatoms. The van der Waals surface area contributed by atoms with E-state index in [9.17, 15) is 4.79 Å². The second kappa shape index (κ2) is 10.4. The van der Waals surface area contributed by atoms with Gasteiger partial charge in [0, 0.05) is 31.7 Å². The molecule has 1 fully saturated rings. The Hall–Kier alpha value is -2.51. The summed E-state index contributed by atoms with van der Waals surface area (Å²) in [5, 5.41) is 6.70. The number of aromatic nitrogens is 2. The van der Waals surface area contributed by atoms with Gasteiger partial charge < -0.3 is 15.5 Å². The summed E-state index contributed by atoms with van der Waals surface area (Å²) in [6, 6.07) is 10.5. The normalized spacial score (nSPS) is 18.9. The van der Waals surface area contributed by atoms with Crippen molar-refractivity contribution < 1.29 is 4.79 Å². The van der Waals surface area contributed by atoms with E-state index in [1.54, 1.807) is 0 Å². The smallest absolute Gasteiger partial charge is 0.237 e. The van der Waals surface area contributed by atoms with Crippen LogP contribution in [0.1, 0.15) is 61.8 Å². The van der Waals surface area contributed by atoms with Crippen LogP contribution < -0.4 is 10.6 Å². The maximum atomic E-state index is 13.4. The van der Waals surface area contributed by atoms with Gasteiger partial charge in [0.25, 0.3) is 0 Å². The monoisotopic (exact) mass is 436 g/mol. The molecule has 1 aromatic carbocycles. The van der Waals surface area contributed by atoms with E-state index in [1.807, 2.05) is 30.1 Å². The van der Waals surface area contributed by atoms with Gasteiger partial charge in [-0.15, -0.1) is 0 Å². The maximum Gasteiger partial charge on any atom is 0.237 e. The van der Waals surface area contributed by atoms with Crippen LogP contribution in [0.4, 0.5) is 5.82 Å². The molecule has 0 unspecified atom stereocenters. The van der Waals surface area contributed by atoms with Crippen molar-refractivity contribution in [1.29, 1.82) is 0 Å². The molecule has 1 atom stereocenters. The zero-order valence-electron chi connectivity index (χ0n) is 19.6. The predicted molar refractivity (Wildman–Crippen MR) is 127 cm³/mol. The molecule has 172 valence electrons. The van der Waals surface area contributed by atoms with Gasteiger partial charge in [0.05, 0.1) is 18.3 Å². The maximum absolute atomic E-state index is 13.4. The lowest BCUT2D eigenvalue weighted by Crippen LogP contribution is -2.46. The molecular weight excluding hydrogens is 400 g/mol. The van der Waals surface area contributed by atoms with E-state index in [4.69, 9.17) is 9.97 Å². The van der Waals surface area contributed by atoms with Crippen LogP contribution in [0.2, 0.25) is 0 Å². The molecular formula is C25H36N6O. The zero-order valence-corrected chi connectivity index (χ0v) is 19.6. The van der Waals surface area contributed by atoms with Crippen LogP contribution in [0, 0.1) is 0 Å². The Morgan fingerprint density at radius 3 is 2.81 bits per heavy atom. The molecule has 2 aliphatic heterocycles. The van der Waals surface area contributed by atoms with Crippen molar-refractivity contribution in [3.8, 4) is 0 Å². The molecule has 2 aromatic rings. The molecule has 0 saturated carbocycles. The lowest BCUT2D eigenvalue weighted by atomic mass is 10.00. The lowest BCUT2D eigenvalue weighted by molar-refractivity contribution is -0.135. The van der Waals surface area contributed by atoms with Gasteiger partial charge in [-0.1, -0.05) is 36.8 Å². The predicted octanol–water partition coefficient (Wildman–Crippen LogP) is 3.13. The third kappa shape index (κ3) is 5.10. The number of amides is 1. The van der Waals surface area contributed by atoms with Crippen molar-refractivity contribution in [2.24, 2.45) is 0 Å². The highest BCUT2D eigenvalue weighted by atomic mass is 16.2. The van der Waals surface area contributed by atoms with Crippen LogP contribution in [0.5, 0.6) is 0 Å². The Morgan fingerprint density at radius 2 is 2.06 bits per heavy atom. The number of carbonyl (C=O) groups excluding carboxylic acids is 1. The highest BCUT2D eigenvalue weighted by Crippen LogP contribution is 2.31. The van der Waals surface area contributed by atoms with Gasteiger partial charge in [-0.3, -0.25) is 9.69 Å². The standard InChI is InChI=1S/C25H36N6O/c1-18(2)31(16-19-9-5-4-6-10-19)23(32)17-30-14-8-7-11-22(30)25-28-21-15-27-13-12-20(21)24(26-3)29-25/h4-6,9-10,18,22,27H,7-8,11-17H2,1-3H3,(H,26,28,29)/t22-/m0/s1. The van der Waals surface area contributed by atoms with Gasteiger partial charge >= 0.3 is 0 Å². The second-order valence-electron chi connectivity index (χ2n) is 9.12. The van der Waals surface area contributed by atoms with Crippen molar-refractivity contribution in [3.05, 3.63) is 53.0 Å². The summed E-state index contributed by atoms with van der Waals surface area (Å²) in [6.07, 6.45) is 4.18. The van der Waals surface area contributed by atoms with E-state index in [2.05, 4.69) is 41.5 Å². The fraction of sp³-hybridized carbons (Fsp3) is 0.560. The summed E-state index contributed by atoms with van der Waals surface area (Å²) in [5.74, 6) is 1.96. The minimum absolute atomic E-state index is 0.0813. The summed E-state index contributed by atoms with van der Waals surface area (Å²) >= 11 is 0. The molecule has 2 aliphatic rings. The number of likely N-dealkylation sites (tertiary alicyclic amines) is 1. The molecule has 1 aromatic heterocycles. The minimum atomic E-state index is 0.0813. The molecule has 3 heterocycles. The van der Waals surface area contributed by atoms with Crippen molar-refractivity contribution in [3.63, 3.8) is 0 Å². The second-order valence-corrected chi connectivity index (χ2v) is 9.12. The Morgan fingerprint density at radius 1 is 1.25 bits per heavy atom. The molecule has 0 aliphatic carbocycles. The number of hydrogen-bond acceptors (Lipinski definition) is 6. The van der Waals surface area contributed by atoms with E-state index >= 15 is 0 Å². The first-order valence-electron chi connectivity index (χ1n) is 11.9. The first-order chi connectivity index (χ1) is 15.6. The topological polar surface area (TPSA) is 73.4 Å². The number of hydrogen-bond donors (Lipinski definition) is 2. The summed E-state index contributed by atoms with van der Waals surface area (Å²) in [6.45, 7) is 7.87. The van der Waals surface area contributed by atoms with Crippen LogP contribution in [0.15, 0.2) is 30.3 Å². The Balaban J connectivity index is 1.54. The quantitative estimate of drug-likeness (QED) is 0.695. The average Bonchev–Trinajstić information content (AvgIpc) is 2.82. The molecule has 0 bridgehead atoms. The Kier molecular flexibility index (Phi) is 7.37. The summed E-state index contributed by atoms with van der Waals surface area (Å²) in [5.41, 5.74) is 3.48. The number of rotatable bonds is 7. The summed E-state index contributed by atoms with van der Waals surface area (Å²) in [7, 11) is 1.93. The average molecular weight is 437 g/mol. The first-order valence-corrected chi connectivity index (χ1v) is 11.9. The van der Waals surface area contributed by atoms with E-state index in [-0.39, 0.29) is 18.0 Å². The molecule has 0 spiro atoms. The molecule has 7 nitrogen and oxygen atoms in total. The van der Waals surface area contributed by atoms with Gasteiger partial charge in [-0.2, -0.15) is 0 Å². The van der Waals surface area contributed by atoms with Gasteiger partial charge in [-0.05, 0) is 51.8 Å². The third-order valence-corrected chi connectivity index (χ3v) is 6.58. The number of nitrogens with zero attached hydrogens (tertiary/aromatic N) is 4. The van der Waals surface area contributed by atoms with E-state index in [0.717, 1.165) is 68.2 Å². The van der Waals surface area contributed by atoms with Gasteiger partial charge in [0.2, 0.25) is 5.91 Å². The van der Waals surface area contributed by atoms with Crippen molar-refractivity contribution >= 4 is 11.7 Å². The van der Waals surface area contributed by atoms with E-state index < -0.39 is 0 Å². The fourth-order valence-corrected chi connectivity index (χ4v) is 4.81. The number of nitrogens with one attached hydrogen (secondary N) is 2. The SMILES string of the molecule is CNc1nc([C@@H]2CCCCN2CC(=O)N(Cc2ccccc2)C(C)C)nc2c1CCNC2. The van der Waals surface area contributed by atoms with Crippen molar-refractivity contribution in [2.75, 3.05) is 32.0 Å². The van der Waals surface area contributed by atoms with E-state index in [0.29, 0.717) is 13.1 Å². The highest BCUT2D eigenvalue weighted by molar-refractivity contribution is 5.78. The summed E-state index contributed by atoms with van der Waals surface area (Å²) in [4.78, 5) is 27.6. The number of benzene rings is 1. The van der Waals surface area contributed by atoms with Gasteiger partial charge in [-0.25, -0.2) is 9.97 Å². The largest absolute Gasteiger partial charge is 0.373 e. The Bertz CT molecular complexity index is 899. The van der Waals surface area contributed by atoms with Crippen molar-refractivity contribution in [1.82, 2.24) is 25.1 Å². The fourth-order valence-electron chi connectivity index (χ4n) is 4.81. The van der Waals surface area contributed by atoms with Crippen LogP contribution >= 0.6 is 0 Å². The zero-order chi connectivity index (χ0) is 22.5. The number of anilines is 1.